The molecule has 108 valence electrons. The molecule has 7 N–H and O–H groups in total. The number of fused-ring (bicyclic) bond motifs is 1. The first-order chi connectivity index (χ1) is 9.10. The SMILES string of the molecule is NC1NC(=O)C2NCN([C@H]3C[C@@H](O)[C@H](CO)O3)C2N1. The molecule has 3 aliphatic rings. The fourth-order valence-electron chi connectivity index (χ4n) is 2.87. The van der Waals surface area contributed by atoms with E-state index in [0.717, 1.165) is 0 Å². The van der Waals surface area contributed by atoms with Crippen LogP contribution in [-0.2, 0) is 9.53 Å². The van der Waals surface area contributed by atoms with Gasteiger partial charge in [0.2, 0.25) is 5.91 Å². The highest BCUT2D eigenvalue weighted by Crippen LogP contribution is 2.27. The molecule has 3 unspecified atom stereocenters. The molecule has 0 aromatic carbocycles. The van der Waals surface area contributed by atoms with Crippen LogP contribution in [-0.4, -0.2) is 71.2 Å². The maximum absolute atomic E-state index is 11.8. The summed E-state index contributed by atoms with van der Waals surface area (Å²) in [6.45, 7) is 0.235. The van der Waals surface area contributed by atoms with Crippen molar-refractivity contribution in [3.05, 3.63) is 0 Å². The van der Waals surface area contributed by atoms with Crippen molar-refractivity contribution in [3.8, 4) is 0 Å². The van der Waals surface area contributed by atoms with E-state index in [2.05, 4.69) is 16.0 Å². The lowest BCUT2D eigenvalue weighted by Crippen LogP contribution is -2.70. The highest BCUT2D eigenvalue weighted by atomic mass is 16.5. The maximum Gasteiger partial charge on any atom is 0.242 e. The zero-order valence-corrected chi connectivity index (χ0v) is 10.3. The Labute approximate surface area is 110 Å². The van der Waals surface area contributed by atoms with Crippen molar-refractivity contribution in [2.24, 2.45) is 5.73 Å². The minimum Gasteiger partial charge on any atom is -0.394 e. The van der Waals surface area contributed by atoms with Gasteiger partial charge in [0.25, 0.3) is 0 Å². The van der Waals surface area contributed by atoms with Gasteiger partial charge in [-0.1, -0.05) is 0 Å². The van der Waals surface area contributed by atoms with E-state index in [9.17, 15) is 9.90 Å². The molecule has 0 aromatic rings. The standard InChI is InChI=1S/C10H19N5O4/c11-10-13-8-7(9(18)14-10)12-3-15(8)6-1-4(17)5(2-16)19-6/h4-8,10,12-13,16-17H,1-3,11H2,(H,14,18)/t4-,5+,6-,7?,8?,10?/m1/s1. The number of ether oxygens (including phenoxy) is 1. The molecule has 1 amide bonds. The lowest BCUT2D eigenvalue weighted by Gasteiger charge is -2.37. The van der Waals surface area contributed by atoms with Gasteiger partial charge in [-0.25, -0.2) is 4.90 Å². The van der Waals surface area contributed by atoms with E-state index in [-0.39, 0.29) is 24.9 Å². The molecule has 0 saturated carbocycles. The van der Waals surface area contributed by atoms with E-state index in [1.165, 1.54) is 0 Å². The molecule has 0 aromatic heterocycles. The second kappa shape index (κ2) is 4.94. The topological polar surface area (TPSA) is 132 Å². The van der Waals surface area contributed by atoms with Crippen LogP contribution in [0.4, 0.5) is 0 Å². The summed E-state index contributed by atoms with van der Waals surface area (Å²) in [6.07, 6.45) is -2.10. The van der Waals surface area contributed by atoms with Crippen molar-refractivity contribution >= 4 is 5.91 Å². The van der Waals surface area contributed by atoms with E-state index >= 15 is 0 Å². The first-order valence-corrected chi connectivity index (χ1v) is 6.35. The summed E-state index contributed by atoms with van der Waals surface area (Å²) in [5, 5.41) is 27.6. The second-order valence-corrected chi connectivity index (χ2v) is 5.07. The first kappa shape index (κ1) is 13.2. The molecule has 9 nitrogen and oxygen atoms in total. The molecule has 0 bridgehead atoms. The minimum atomic E-state index is -0.694. The molecule has 19 heavy (non-hydrogen) atoms. The molecule has 9 heteroatoms. The van der Waals surface area contributed by atoms with E-state index < -0.39 is 24.5 Å². The zero-order chi connectivity index (χ0) is 13.6. The Bertz CT molecular complexity index is 370. The van der Waals surface area contributed by atoms with Gasteiger partial charge in [-0.3, -0.25) is 21.2 Å². The van der Waals surface area contributed by atoms with Crippen LogP contribution in [0.15, 0.2) is 0 Å². The predicted octanol–water partition coefficient (Wildman–Crippen LogP) is -4.03. The fraction of sp³-hybridized carbons (Fsp3) is 0.900. The zero-order valence-electron chi connectivity index (χ0n) is 10.3. The molecule has 3 rings (SSSR count). The number of hydrogen-bond donors (Lipinski definition) is 6. The number of hydrogen-bond acceptors (Lipinski definition) is 8. The number of carbonyl (C=O) groups is 1. The Hall–Kier alpha value is -0.810. The van der Waals surface area contributed by atoms with E-state index in [4.69, 9.17) is 15.6 Å². The van der Waals surface area contributed by atoms with Gasteiger partial charge < -0.3 is 20.3 Å². The summed E-state index contributed by atoms with van der Waals surface area (Å²) >= 11 is 0. The Morgan fingerprint density at radius 3 is 3.00 bits per heavy atom. The van der Waals surface area contributed by atoms with Crippen molar-refractivity contribution in [3.63, 3.8) is 0 Å². The van der Waals surface area contributed by atoms with Gasteiger partial charge in [-0.2, -0.15) is 0 Å². The predicted molar refractivity (Wildman–Crippen MR) is 63.0 cm³/mol. The van der Waals surface area contributed by atoms with Gasteiger partial charge >= 0.3 is 0 Å². The minimum absolute atomic E-state index is 0.156. The number of nitrogens with two attached hydrogens (primary N) is 1. The number of nitrogens with zero attached hydrogens (tertiary/aromatic N) is 1. The Morgan fingerprint density at radius 2 is 2.32 bits per heavy atom. The molecule has 0 aliphatic carbocycles. The summed E-state index contributed by atoms with van der Waals surface area (Å²) in [6, 6.07) is -0.395. The van der Waals surface area contributed by atoms with Crippen LogP contribution in [0, 0.1) is 0 Å². The highest BCUT2D eigenvalue weighted by molar-refractivity contribution is 5.83. The molecular weight excluding hydrogens is 254 g/mol. The van der Waals surface area contributed by atoms with Gasteiger partial charge in [-0.05, 0) is 0 Å². The summed E-state index contributed by atoms with van der Waals surface area (Å²) in [4.78, 5) is 13.7. The number of aliphatic hydroxyl groups excluding tert-OH is 2. The summed E-state index contributed by atoms with van der Waals surface area (Å²) in [5.74, 6) is -0.156. The second-order valence-electron chi connectivity index (χ2n) is 5.07. The van der Waals surface area contributed by atoms with Crippen LogP contribution in [0.1, 0.15) is 6.42 Å². The van der Waals surface area contributed by atoms with Crippen molar-refractivity contribution in [1.29, 1.82) is 0 Å². The van der Waals surface area contributed by atoms with E-state index in [1.807, 2.05) is 4.90 Å². The van der Waals surface area contributed by atoms with Crippen LogP contribution < -0.4 is 21.7 Å². The number of carbonyl (C=O) groups excluding carboxylic acids is 1. The van der Waals surface area contributed by atoms with Crippen molar-refractivity contribution in [2.75, 3.05) is 13.3 Å². The van der Waals surface area contributed by atoms with Crippen LogP contribution >= 0.6 is 0 Å². The number of aliphatic hydroxyl groups is 2. The average molecular weight is 273 g/mol. The smallest absolute Gasteiger partial charge is 0.242 e. The van der Waals surface area contributed by atoms with Gasteiger partial charge in [0, 0.05) is 6.42 Å². The number of amides is 1. The number of nitrogens with one attached hydrogen (secondary N) is 3. The van der Waals surface area contributed by atoms with Gasteiger partial charge in [0.05, 0.1) is 25.5 Å². The largest absolute Gasteiger partial charge is 0.394 e. The first-order valence-electron chi connectivity index (χ1n) is 6.35. The van der Waals surface area contributed by atoms with E-state index in [0.29, 0.717) is 13.1 Å². The van der Waals surface area contributed by atoms with Gasteiger partial charge in [0.1, 0.15) is 24.7 Å². The Kier molecular flexibility index (Phi) is 3.43. The third-order valence-electron chi connectivity index (χ3n) is 3.85. The van der Waals surface area contributed by atoms with Crippen molar-refractivity contribution in [2.45, 2.75) is 43.4 Å². The molecule has 0 spiro atoms. The van der Waals surface area contributed by atoms with Crippen LogP contribution in [0.5, 0.6) is 0 Å². The Morgan fingerprint density at radius 1 is 1.53 bits per heavy atom. The third kappa shape index (κ3) is 2.23. The molecule has 0 radical (unpaired) electrons. The molecule has 3 saturated heterocycles. The summed E-state index contributed by atoms with van der Waals surface area (Å²) in [5.41, 5.74) is 5.70. The normalized spacial score (nSPS) is 47.2. The Balaban J connectivity index is 1.71. The van der Waals surface area contributed by atoms with Crippen LogP contribution in [0.2, 0.25) is 0 Å². The fourth-order valence-corrected chi connectivity index (χ4v) is 2.87. The van der Waals surface area contributed by atoms with Gasteiger partial charge in [-0.15, -0.1) is 0 Å². The van der Waals surface area contributed by atoms with Crippen LogP contribution in [0.25, 0.3) is 0 Å². The molecular formula is C10H19N5O4. The monoisotopic (exact) mass is 273 g/mol. The van der Waals surface area contributed by atoms with Crippen LogP contribution in [0.3, 0.4) is 0 Å². The summed E-state index contributed by atoms with van der Waals surface area (Å²) < 4.78 is 5.60. The molecule has 3 aliphatic heterocycles. The van der Waals surface area contributed by atoms with Gasteiger partial charge in [0.15, 0.2) is 0 Å². The average Bonchev–Trinajstić information content (AvgIpc) is 2.92. The quantitative estimate of drug-likeness (QED) is 0.300. The van der Waals surface area contributed by atoms with Crippen molar-refractivity contribution in [1.82, 2.24) is 20.9 Å². The molecule has 6 atom stereocenters. The third-order valence-corrected chi connectivity index (χ3v) is 3.85. The molecule has 3 fully saturated rings. The molecule has 3 heterocycles. The highest BCUT2D eigenvalue weighted by Gasteiger charge is 2.48. The lowest BCUT2D eigenvalue weighted by atomic mass is 10.1. The lowest BCUT2D eigenvalue weighted by molar-refractivity contribution is -0.130. The summed E-state index contributed by atoms with van der Waals surface area (Å²) in [7, 11) is 0. The van der Waals surface area contributed by atoms with E-state index in [1.54, 1.807) is 0 Å². The number of rotatable bonds is 2. The maximum atomic E-state index is 11.8. The van der Waals surface area contributed by atoms with Crippen molar-refractivity contribution < 1.29 is 19.7 Å².